The fraction of sp³-hybridized carbons (Fsp3) is 0.471. The van der Waals surface area contributed by atoms with Crippen LogP contribution < -0.4 is 4.74 Å². The molecule has 1 atom stereocenters. The lowest BCUT2D eigenvalue weighted by Gasteiger charge is -2.39. The van der Waals surface area contributed by atoms with E-state index in [0.29, 0.717) is 18.2 Å². The normalized spacial score (nSPS) is 17.0. The second kappa shape index (κ2) is 7.12. The molecule has 1 unspecified atom stereocenters. The van der Waals surface area contributed by atoms with Crippen LogP contribution in [0.3, 0.4) is 0 Å². The van der Waals surface area contributed by atoms with Crippen molar-refractivity contribution in [1.82, 2.24) is 10.1 Å². The van der Waals surface area contributed by atoms with E-state index in [1.165, 1.54) is 0 Å². The van der Waals surface area contributed by atoms with Crippen molar-refractivity contribution in [2.75, 3.05) is 26.2 Å². The summed E-state index contributed by atoms with van der Waals surface area (Å²) in [6.07, 6.45) is -0.527. The molecule has 1 saturated heterocycles. The van der Waals surface area contributed by atoms with E-state index in [9.17, 15) is 5.11 Å². The van der Waals surface area contributed by atoms with Crippen LogP contribution in [0, 0.1) is 6.92 Å². The Labute approximate surface area is 135 Å². The maximum atomic E-state index is 10.1. The molecule has 1 fully saturated rings. The van der Waals surface area contributed by atoms with Gasteiger partial charge in [0.1, 0.15) is 25.1 Å². The van der Waals surface area contributed by atoms with Gasteiger partial charge >= 0.3 is 0 Å². The van der Waals surface area contributed by atoms with Crippen molar-refractivity contribution >= 4 is 0 Å². The molecule has 2 aromatic rings. The maximum Gasteiger partial charge on any atom is 0.162 e. The highest BCUT2D eigenvalue weighted by Crippen LogP contribution is 2.26. The number of aliphatic hydroxyl groups is 2. The quantitative estimate of drug-likeness (QED) is 0.801. The number of ether oxygens (including phenoxy) is 1. The van der Waals surface area contributed by atoms with Crippen LogP contribution in [0.4, 0.5) is 0 Å². The Kier molecular flexibility index (Phi) is 4.95. The second-order valence-electron chi connectivity index (χ2n) is 6.02. The van der Waals surface area contributed by atoms with Crippen molar-refractivity contribution in [2.45, 2.75) is 25.6 Å². The molecule has 0 spiro atoms. The third-order valence-corrected chi connectivity index (χ3v) is 4.10. The molecule has 0 amide bonds. The molecule has 0 aliphatic carbocycles. The minimum Gasteiger partial charge on any atom is -0.491 e. The molecule has 1 aromatic carbocycles. The van der Waals surface area contributed by atoms with E-state index in [4.69, 9.17) is 14.4 Å². The van der Waals surface area contributed by atoms with Gasteiger partial charge < -0.3 is 19.5 Å². The van der Waals surface area contributed by atoms with Gasteiger partial charge in [0.25, 0.3) is 0 Å². The van der Waals surface area contributed by atoms with Crippen LogP contribution in [0.5, 0.6) is 5.75 Å². The first kappa shape index (κ1) is 16.0. The summed E-state index contributed by atoms with van der Waals surface area (Å²) < 4.78 is 10.7. The molecule has 0 saturated carbocycles. The number of nitrogens with zero attached hydrogens (tertiary/aromatic N) is 2. The zero-order valence-electron chi connectivity index (χ0n) is 13.2. The van der Waals surface area contributed by atoms with E-state index >= 15 is 0 Å². The first-order valence-corrected chi connectivity index (χ1v) is 7.81. The molecule has 1 aromatic heterocycles. The molecule has 6 heteroatoms. The average molecular weight is 318 g/mol. The molecule has 6 nitrogen and oxygen atoms in total. The summed E-state index contributed by atoms with van der Waals surface area (Å²) in [6.45, 7) is 4.38. The van der Waals surface area contributed by atoms with Crippen molar-refractivity contribution in [1.29, 1.82) is 0 Å². The molecule has 1 aliphatic rings. The lowest BCUT2D eigenvalue weighted by atomic mass is 9.96. The Balaban J connectivity index is 1.40. The Bertz CT molecular complexity index is 637. The first-order chi connectivity index (χ1) is 11.2. The Morgan fingerprint density at radius 2 is 2.17 bits per heavy atom. The molecule has 2 heterocycles. The van der Waals surface area contributed by atoms with Crippen molar-refractivity contribution in [3.63, 3.8) is 0 Å². The number of aromatic nitrogens is 1. The average Bonchev–Trinajstić information content (AvgIpc) is 2.98. The van der Waals surface area contributed by atoms with Crippen LogP contribution in [0.2, 0.25) is 0 Å². The van der Waals surface area contributed by atoms with Crippen molar-refractivity contribution in [3.05, 3.63) is 47.3 Å². The predicted molar refractivity (Wildman–Crippen MR) is 84.3 cm³/mol. The molecule has 23 heavy (non-hydrogen) atoms. The van der Waals surface area contributed by atoms with E-state index in [1.807, 2.05) is 31.2 Å². The van der Waals surface area contributed by atoms with Gasteiger partial charge in [0.05, 0.1) is 5.69 Å². The van der Waals surface area contributed by atoms with Crippen molar-refractivity contribution < 1.29 is 19.5 Å². The lowest BCUT2D eigenvalue weighted by molar-refractivity contribution is 0.0360. The van der Waals surface area contributed by atoms with Gasteiger partial charge in [-0.25, -0.2) is 0 Å². The standard InChI is InChI=1S/C17H22N2O4/c1-12-4-2-3-5-17(12)22-11-14(21)9-19-7-13(8-19)16-6-15(10-20)23-18-16/h2-6,13-14,20-21H,7-11H2,1H3. The highest BCUT2D eigenvalue weighted by atomic mass is 16.5. The number of likely N-dealkylation sites (tertiary alicyclic amines) is 1. The molecular formula is C17H22N2O4. The highest BCUT2D eigenvalue weighted by Gasteiger charge is 2.31. The van der Waals surface area contributed by atoms with Crippen LogP contribution in [-0.2, 0) is 6.61 Å². The summed E-state index contributed by atoms with van der Waals surface area (Å²) >= 11 is 0. The minimum absolute atomic E-state index is 0.127. The third kappa shape index (κ3) is 3.90. The van der Waals surface area contributed by atoms with Gasteiger partial charge in [0, 0.05) is 31.6 Å². The summed E-state index contributed by atoms with van der Waals surface area (Å²) in [5, 5.41) is 23.0. The van der Waals surface area contributed by atoms with E-state index in [0.717, 1.165) is 30.1 Å². The molecule has 0 bridgehead atoms. The number of aliphatic hydroxyl groups excluding tert-OH is 2. The topological polar surface area (TPSA) is 79.0 Å². The molecular weight excluding hydrogens is 296 g/mol. The van der Waals surface area contributed by atoms with Crippen molar-refractivity contribution in [3.8, 4) is 5.75 Å². The van der Waals surface area contributed by atoms with E-state index in [-0.39, 0.29) is 13.2 Å². The minimum atomic E-state index is -0.527. The number of hydrogen-bond donors (Lipinski definition) is 2. The van der Waals surface area contributed by atoms with Gasteiger partial charge in [-0.1, -0.05) is 23.4 Å². The fourth-order valence-corrected chi connectivity index (χ4v) is 2.76. The van der Waals surface area contributed by atoms with Crippen LogP contribution in [0.25, 0.3) is 0 Å². The molecule has 1 aliphatic heterocycles. The van der Waals surface area contributed by atoms with Gasteiger partial charge in [-0.3, -0.25) is 4.90 Å². The van der Waals surface area contributed by atoms with Crippen molar-refractivity contribution in [2.24, 2.45) is 0 Å². The SMILES string of the molecule is Cc1ccccc1OCC(O)CN1CC(c2cc(CO)on2)C1. The maximum absolute atomic E-state index is 10.1. The van der Waals surface area contributed by atoms with Crippen LogP contribution in [0.15, 0.2) is 34.9 Å². The Morgan fingerprint density at radius 3 is 2.87 bits per heavy atom. The van der Waals surface area contributed by atoms with Crippen LogP contribution >= 0.6 is 0 Å². The summed E-state index contributed by atoms with van der Waals surface area (Å²) in [7, 11) is 0. The second-order valence-corrected chi connectivity index (χ2v) is 6.02. The number of para-hydroxylation sites is 1. The zero-order valence-corrected chi connectivity index (χ0v) is 13.2. The molecule has 0 radical (unpaired) electrons. The fourth-order valence-electron chi connectivity index (χ4n) is 2.76. The molecule has 124 valence electrons. The summed E-state index contributed by atoms with van der Waals surface area (Å²) in [5.74, 6) is 1.61. The summed E-state index contributed by atoms with van der Waals surface area (Å²) in [5.41, 5.74) is 1.94. The Hall–Kier alpha value is -1.89. The first-order valence-electron chi connectivity index (χ1n) is 7.81. The number of hydrogen-bond acceptors (Lipinski definition) is 6. The van der Waals surface area contributed by atoms with Gasteiger partial charge in [-0.2, -0.15) is 0 Å². The summed E-state index contributed by atoms with van der Waals surface area (Å²) in [6, 6.07) is 9.57. The van der Waals surface area contributed by atoms with E-state index < -0.39 is 6.10 Å². The summed E-state index contributed by atoms with van der Waals surface area (Å²) in [4.78, 5) is 2.16. The van der Waals surface area contributed by atoms with Gasteiger partial charge in [0.2, 0.25) is 0 Å². The molecule has 2 N–H and O–H groups in total. The van der Waals surface area contributed by atoms with E-state index in [1.54, 1.807) is 6.07 Å². The largest absolute Gasteiger partial charge is 0.491 e. The van der Waals surface area contributed by atoms with E-state index in [2.05, 4.69) is 10.1 Å². The number of benzene rings is 1. The smallest absolute Gasteiger partial charge is 0.162 e. The number of aryl methyl sites for hydroxylation is 1. The van der Waals surface area contributed by atoms with Crippen LogP contribution in [-0.4, -0.2) is 52.6 Å². The third-order valence-electron chi connectivity index (χ3n) is 4.10. The van der Waals surface area contributed by atoms with Gasteiger partial charge in [-0.05, 0) is 18.6 Å². The molecule has 3 rings (SSSR count). The monoisotopic (exact) mass is 318 g/mol. The zero-order chi connectivity index (χ0) is 16.2. The van der Waals surface area contributed by atoms with Crippen LogP contribution in [0.1, 0.15) is 22.9 Å². The lowest BCUT2D eigenvalue weighted by Crippen LogP contribution is -2.49. The van der Waals surface area contributed by atoms with Gasteiger partial charge in [-0.15, -0.1) is 0 Å². The number of rotatable bonds is 7. The highest BCUT2D eigenvalue weighted by molar-refractivity contribution is 5.31. The Morgan fingerprint density at radius 1 is 1.39 bits per heavy atom. The predicted octanol–water partition coefficient (Wildman–Crippen LogP) is 1.31. The van der Waals surface area contributed by atoms with Gasteiger partial charge in [0.15, 0.2) is 5.76 Å². The number of β-amino-alcohol motifs (C(OH)–C–C–N with tert-alkyl or cyclic N) is 1.